The van der Waals surface area contributed by atoms with E-state index in [-0.39, 0.29) is 5.41 Å². The van der Waals surface area contributed by atoms with Crippen molar-refractivity contribution in [1.29, 1.82) is 0 Å². The monoisotopic (exact) mass is 239 g/mol. The van der Waals surface area contributed by atoms with Crippen LogP contribution in [0.15, 0.2) is 36.4 Å². The molecule has 0 unspecified atom stereocenters. The Morgan fingerprint density at radius 1 is 1.11 bits per heavy atom. The van der Waals surface area contributed by atoms with Gasteiger partial charge in [0, 0.05) is 24.1 Å². The summed E-state index contributed by atoms with van der Waals surface area (Å²) in [5.41, 5.74) is 2.33. The Kier molecular flexibility index (Phi) is 2.54. The highest BCUT2D eigenvalue weighted by molar-refractivity contribution is 5.62. The largest absolute Gasteiger partial charge is 0.373 e. The molecule has 0 spiro atoms. The summed E-state index contributed by atoms with van der Waals surface area (Å²) >= 11 is 0. The molecule has 1 aromatic carbocycles. The summed E-state index contributed by atoms with van der Waals surface area (Å²) in [5, 5.41) is 3.13. The molecule has 0 atom stereocenters. The van der Waals surface area contributed by atoms with E-state index >= 15 is 0 Å². The number of nitrogens with zero attached hydrogens (tertiary/aromatic N) is 2. The van der Waals surface area contributed by atoms with Gasteiger partial charge in [0.25, 0.3) is 0 Å². The van der Waals surface area contributed by atoms with Crippen LogP contribution in [0.2, 0.25) is 0 Å². The van der Waals surface area contributed by atoms with Crippen LogP contribution in [0.4, 0.5) is 5.82 Å². The van der Waals surface area contributed by atoms with E-state index in [4.69, 9.17) is 4.98 Å². The molecular weight excluding hydrogens is 222 g/mol. The predicted molar refractivity (Wildman–Crippen MR) is 73.6 cm³/mol. The summed E-state index contributed by atoms with van der Waals surface area (Å²) in [4.78, 5) is 9.32. The molecule has 0 amide bonds. The van der Waals surface area contributed by atoms with Crippen molar-refractivity contribution in [3.05, 3.63) is 42.2 Å². The molecule has 92 valence electrons. The van der Waals surface area contributed by atoms with Gasteiger partial charge in [-0.2, -0.15) is 0 Å². The quantitative estimate of drug-likeness (QED) is 0.893. The Bertz CT molecular complexity index is 559. The van der Waals surface area contributed by atoms with Gasteiger partial charge in [0.15, 0.2) is 0 Å². The van der Waals surface area contributed by atoms with E-state index < -0.39 is 0 Å². The maximum Gasteiger partial charge on any atom is 0.137 e. The molecule has 0 bridgehead atoms. The van der Waals surface area contributed by atoms with Gasteiger partial charge in [-0.3, -0.25) is 0 Å². The molecule has 1 heterocycles. The Balaban J connectivity index is 2.09. The second kappa shape index (κ2) is 4.09. The van der Waals surface area contributed by atoms with E-state index in [0.717, 1.165) is 22.9 Å². The van der Waals surface area contributed by atoms with Gasteiger partial charge in [-0.05, 0) is 12.8 Å². The van der Waals surface area contributed by atoms with Crippen molar-refractivity contribution in [2.45, 2.75) is 25.2 Å². The van der Waals surface area contributed by atoms with Gasteiger partial charge >= 0.3 is 0 Å². The second-order valence-corrected chi connectivity index (χ2v) is 5.14. The highest BCUT2D eigenvalue weighted by Crippen LogP contribution is 2.46. The van der Waals surface area contributed by atoms with E-state index in [9.17, 15) is 0 Å². The molecule has 1 aromatic heterocycles. The maximum absolute atomic E-state index is 4.73. The van der Waals surface area contributed by atoms with Gasteiger partial charge in [0.05, 0.1) is 5.69 Å². The second-order valence-electron chi connectivity index (χ2n) is 5.14. The fraction of sp³-hybridized carbons (Fsp3) is 0.333. The van der Waals surface area contributed by atoms with Gasteiger partial charge in [-0.25, -0.2) is 9.97 Å². The highest BCUT2D eigenvalue weighted by atomic mass is 15.0. The molecule has 1 saturated carbocycles. The first kappa shape index (κ1) is 11.2. The Morgan fingerprint density at radius 3 is 2.44 bits per heavy atom. The van der Waals surface area contributed by atoms with Crippen LogP contribution in [0.3, 0.4) is 0 Å². The van der Waals surface area contributed by atoms with E-state index in [0.29, 0.717) is 0 Å². The topological polar surface area (TPSA) is 37.8 Å². The van der Waals surface area contributed by atoms with Crippen LogP contribution in [0.1, 0.15) is 25.6 Å². The first-order valence-electron chi connectivity index (χ1n) is 6.34. The minimum Gasteiger partial charge on any atom is -0.373 e. The molecule has 3 rings (SSSR count). The lowest BCUT2D eigenvalue weighted by atomic mass is 10.1. The van der Waals surface area contributed by atoms with Crippen molar-refractivity contribution < 1.29 is 0 Å². The van der Waals surface area contributed by atoms with Crippen molar-refractivity contribution in [1.82, 2.24) is 9.97 Å². The first-order valence-corrected chi connectivity index (χ1v) is 6.34. The van der Waals surface area contributed by atoms with Gasteiger partial charge in [-0.1, -0.05) is 37.3 Å². The van der Waals surface area contributed by atoms with E-state index in [1.54, 1.807) is 0 Å². The summed E-state index contributed by atoms with van der Waals surface area (Å²) < 4.78 is 0. The molecule has 0 saturated heterocycles. The van der Waals surface area contributed by atoms with Crippen LogP contribution < -0.4 is 5.32 Å². The third-order valence-electron chi connectivity index (χ3n) is 3.59. The van der Waals surface area contributed by atoms with Crippen LogP contribution in [-0.4, -0.2) is 17.0 Å². The summed E-state index contributed by atoms with van der Waals surface area (Å²) in [6.45, 7) is 2.23. The van der Waals surface area contributed by atoms with Gasteiger partial charge < -0.3 is 5.32 Å². The lowest BCUT2D eigenvalue weighted by Crippen LogP contribution is -2.09. The van der Waals surface area contributed by atoms with Gasteiger partial charge in [-0.15, -0.1) is 0 Å². The van der Waals surface area contributed by atoms with Crippen LogP contribution in [0, 0.1) is 0 Å². The number of aromatic nitrogens is 2. The molecule has 2 aromatic rings. The fourth-order valence-electron chi connectivity index (χ4n) is 2.01. The van der Waals surface area contributed by atoms with E-state index in [1.807, 2.05) is 31.3 Å². The highest BCUT2D eigenvalue weighted by Gasteiger charge is 2.42. The molecule has 0 radical (unpaired) electrons. The Morgan fingerprint density at radius 2 is 1.83 bits per heavy atom. The summed E-state index contributed by atoms with van der Waals surface area (Å²) in [5.74, 6) is 1.86. The lowest BCUT2D eigenvalue weighted by molar-refractivity contribution is 0.711. The molecule has 18 heavy (non-hydrogen) atoms. The standard InChI is InChI=1S/C15H17N3/c1-15(8-9-15)14-17-12(10-13(16-2)18-14)11-6-4-3-5-7-11/h3-7,10H,8-9H2,1-2H3,(H,16,17,18). The Labute approximate surface area is 107 Å². The molecule has 1 fully saturated rings. The molecular formula is C15H17N3. The van der Waals surface area contributed by atoms with Crippen molar-refractivity contribution in [3.63, 3.8) is 0 Å². The molecule has 1 aliphatic rings. The smallest absolute Gasteiger partial charge is 0.137 e. The molecule has 0 aliphatic heterocycles. The zero-order valence-corrected chi connectivity index (χ0v) is 10.8. The van der Waals surface area contributed by atoms with Crippen LogP contribution >= 0.6 is 0 Å². The van der Waals surface area contributed by atoms with E-state index in [1.165, 1.54) is 12.8 Å². The van der Waals surface area contributed by atoms with Crippen LogP contribution in [-0.2, 0) is 5.41 Å². The normalized spacial score (nSPS) is 16.3. The number of rotatable bonds is 3. The van der Waals surface area contributed by atoms with Crippen molar-refractivity contribution in [3.8, 4) is 11.3 Å². The van der Waals surface area contributed by atoms with Gasteiger partial charge in [0.1, 0.15) is 11.6 Å². The zero-order chi connectivity index (χ0) is 12.6. The average molecular weight is 239 g/mol. The number of anilines is 1. The van der Waals surface area contributed by atoms with Crippen molar-refractivity contribution in [2.24, 2.45) is 0 Å². The van der Waals surface area contributed by atoms with Crippen LogP contribution in [0.25, 0.3) is 11.3 Å². The molecule has 3 heteroatoms. The Hall–Kier alpha value is -1.90. The first-order chi connectivity index (χ1) is 8.71. The van der Waals surface area contributed by atoms with Crippen molar-refractivity contribution >= 4 is 5.82 Å². The summed E-state index contributed by atoms with van der Waals surface area (Å²) in [6.07, 6.45) is 2.38. The molecule has 3 nitrogen and oxygen atoms in total. The number of nitrogens with one attached hydrogen (secondary N) is 1. The third-order valence-corrected chi connectivity index (χ3v) is 3.59. The molecule has 1 N–H and O–H groups in total. The molecule has 1 aliphatic carbocycles. The lowest BCUT2D eigenvalue weighted by Gasteiger charge is -2.11. The van der Waals surface area contributed by atoms with Crippen molar-refractivity contribution in [2.75, 3.05) is 12.4 Å². The fourth-order valence-corrected chi connectivity index (χ4v) is 2.01. The maximum atomic E-state index is 4.73. The number of hydrogen-bond donors (Lipinski definition) is 1. The minimum atomic E-state index is 0.191. The average Bonchev–Trinajstić information content (AvgIpc) is 3.18. The van der Waals surface area contributed by atoms with Gasteiger partial charge in [0.2, 0.25) is 0 Å². The van der Waals surface area contributed by atoms with Crippen LogP contribution in [0.5, 0.6) is 0 Å². The zero-order valence-electron chi connectivity index (χ0n) is 10.8. The third kappa shape index (κ3) is 1.96. The van der Waals surface area contributed by atoms with E-state index in [2.05, 4.69) is 29.4 Å². The summed E-state index contributed by atoms with van der Waals surface area (Å²) in [6, 6.07) is 12.3. The minimum absolute atomic E-state index is 0.191. The number of benzene rings is 1. The summed E-state index contributed by atoms with van der Waals surface area (Å²) in [7, 11) is 1.90. The number of hydrogen-bond acceptors (Lipinski definition) is 3. The predicted octanol–water partition coefficient (Wildman–Crippen LogP) is 3.24. The SMILES string of the molecule is CNc1cc(-c2ccccc2)nc(C2(C)CC2)n1.